The van der Waals surface area contributed by atoms with Crippen LogP contribution in [0, 0.1) is 23.2 Å². The Balaban J connectivity index is 1.44. The molecule has 0 unspecified atom stereocenters. The minimum atomic E-state index is -0.273. The van der Waals surface area contributed by atoms with Gasteiger partial charge in [0.15, 0.2) is 0 Å². The molecule has 4 nitrogen and oxygen atoms in total. The zero-order valence-corrected chi connectivity index (χ0v) is 17.3. The number of rotatable bonds is 3. The lowest BCUT2D eigenvalue weighted by Gasteiger charge is -2.63. The number of hydrogen-bond donors (Lipinski definition) is 0. The molecule has 0 radical (unpaired) electrons. The molecule has 0 spiro atoms. The molecular weight excluding hydrogens is 364 g/mol. The Bertz CT molecular complexity index is 925. The summed E-state index contributed by atoms with van der Waals surface area (Å²) in [4.78, 5) is 12.6. The van der Waals surface area contributed by atoms with Gasteiger partial charge in [-0.05, 0) is 43.4 Å². The molecule has 2 bridgehead atoms. The predicted molar refractivity (Wildman–Crippen MR) is 110 cm³/mol. The molecule has 2 fully saturated rings. The molecule has 2 aromatic rings. The fourth-order valence-corrected chi connectivity index (χ4v) is 6.11. The second kappa shape index (κ2) is 6.60. The van der Waals surface area contributed by atoms with E-state index in [1.54, 1.807) is 12.1 Å². The molecule has 3 aliphatic rings. The molecule has 4 heteroatoms. The molecule has 2 aromatic carbocycles. The number of esters is 1. The molecule has 0 amide bonds. The van der Waals surface area contributed by atoms with Crippen LogP contribution in [0.5, 0.6) is 5.75 Å². The van der Waals surface area contributed by atoms with Crippen molar-refractivity contribution in [2.75, 3.05) is 13.2 Å². The van der Waals surface area contributed by atoms with Gasteiger partial charge in [-0.3, -0.25) is 0 Å². The SMILES string of the molecule is C[C@@H]1[C@@H]2[C@@H]3OC[C@@]1(COC(=O)c1ccccc1)[C@@H](C)C[C@@]2(C)Oc1ccccc13. The quantitative estimate of drug-likeness (QED) is 0.686. The summed E-state index contributed by atoms with van der Waals surface area (Å²) < 4.78 is 18.9. The first kappa shape index (κ1) is 18.7. The van der Waals surface area contributed by atoms with Gasteiger partial charge in [0.25, 0.3) is 0 Å². The zero-order chi connectivity index (χ0) is 20.2. The van der Waals surface area contributed by atoms with E-state index in [0.717, 1.165) is 17.7 Å². The highest BCUT2D eigenvalue weighted by atomic mass is 16.5. The van der Waals surface area contributed by atoms with Crippen molar-refractivity contribution in [3.63, 3.8) is 0 Å². The molecule has 2 heterocycles. The average Bonchev–Trinajstić information content (AvgIpc) is 2.72. The van der Waals surface area contributed by atoms with Crippen molar-refractivity contribution in [1.29, 1.82) is 0 Å². The number of para-hydroxylation sites is 1. The maximum atomic E-state index is 12.6. The summed E-state index contributed by atoms with van der Waals surface area (Å²) in [6.07, 6.45) is 0.962. The van der Waals surface area contributed by atoms with Crippen LogP contribution in [0.25, 0.3) is 0 Å². The lowest BCUT2D eigenvalue weighted by Crippen LogP contribution is -2.66. The first-order valence-corrected chi connectivity index (χ1v) is 10.6. The highest BCUT2D eigenvalue weighted by Gasteiger charge is 2.64. The van der Waals surface area contributed by atoms with E-state index in [1.165, 1.54) is 0 Å². The summed E-state index contributed by atoms with van der Waals surface area (Å²) in [6, 6.07) is 17.4. The molecule has 6 atom stereocenters. The number of carbonyl (C=O) groups excluding carboxylic acids is 1. The predicted octanol–water partition coefficient (Wildman–Crippen LogP) is 5.04. The van der Waals surface area contributed by atoms with Gasteiger partial charge in [0, 0.05) is 16.9 Å². The van der Waals surface area contributed by atoms with E-state index < -0.39 is 0 Å². The van der Waals surface area contributed by atoms with Crippen LogP contribution < -0.4 is 4.74 Å². The van der Waals surface area contributed by atoms with Crippen LogP contribution in [0.3, 0.4) is 0 Å². The van der Waals surface area contributed by atoms with Crippen molar-refractivity contribution in [2.45, 2.75) is 38.9 Å². The van der Waals surface area contributed by atoms with Crippen molar-refractivity contribution in [3.05, 3.63) is 65.7 Å². The van der Waals surface area contributed by atoms with E-state index in [-0.39, 0.29) is 29.0 Å². The van der Waals surface area contributed by atoms with Crippen LogP contribution in [-0.2, 0) is 9.47 Å². The third kappa shape index (κ3) is 2.72. The monoisotopic (exact) mass is 392 g/mol. The summed E-state index contributed by atoms with van der Waals surface area (Å²) >= 11 is 0. The van der Waals surface area contributed by atoms with Gasteiger partial charge in [-0.25, -0.2) is 4.79 Å². The van der Waals surface area contributed by atoms with Crippen molar-refractivity contribution in [2.24, 2.45) is 23.2 Å². The van der Waals surface area contributed by atoms with Gasteiger partial charge in [0.05, 0.1) is 24.9 Å². The van der Waals surface area contributed by atoms with Crippen LogP contribution in [0.2, 0.25) is 0 Å². The summed E-state index contributed by atoms with van der Waals surface area (Å²) in [5.41, 5.74) is 1.27. The van der Waals surface area contributed by atoms with Gasteiger partial charge < -0.3 is 14.2 Å². The summed E-state index contributed by atoms with van der Waals surface area (Å²) in [6.45, 7) is 7.75. The van der Waals surface area contributed by atoms with Crippen LogP contribution >= 0.6 is 0 Å². The van der Waals surface area contributed by atoms with Gasteiger partial charge in [0.1, 0.15) is 11.4 Å². The Hall–Kier alpha value is -2.33. The molecular formula is C25H28O4. The molecule has 29 heavy (non-hydrogen) atoms. The third-order valence-corrected chi connectivity index (χ3v) is 7.75. The van der Waals surface area contributed by atoms with Crippen LogP contribution in [0.4, 0.5) is 0 Å². The van der Waals surface area contributed by atoms with Gasteiger partial charge in [-0.15, -0.1) is 0 Å². The Kier molecular flexibility index (Phi) is 4.25. The summed E-state index contributed by atoms with van der Waals surface area (Å²) in [7, 11) is 0. The number of hydrogen-bond acceptors (Lipinski definition) is 4. The lowest BCUT2D eigenvalue weighted by molar-refractivity contribution is -0.259. The largest absolute Gasteiger partial charge is 0.487 e. The van der Waals surface area contributed by atoms with E-state index in [0.29, 0.717) is 30.6 Å². The number of ether oxygens (including phenoxy) is 3. The van der Waals surface area contributed by atoms with E-state index in [2.05, 4.69) is 26.8 Å². The topological polar surface area (TPSA) is 44.8 Å². The summed E-state index contributed by atoms with van der Waals surface area (Å²) in [5, 5.41) is 0. The highest BCUT2D eigenvalue weighted by Crippen LogP contribution is 2.63. The van der Waals surface area contributed by atoms with Gasteiger partial charge in [0.2, 0.25) is 0 Å². The Morgan fingerprint density at radius 2 is 1.83 bits per heavy atom. The van der Waals surface area contributed by atoms with Gasteiger partial charge >= 0.3 is 5.97 Å². The summed E-state index contributed by atoms with van der Waals surface area (Å²) in [5.74, 6) is 1.54. The average molecular weight is 392 g/mol. The zero-order valence-electron chi connectivity index (χ0n) is 17.3. The molecule has 1 saturated heterocycles. The van der Waals surface area contributed by atoms with Crippen molar-refractivity contribution < 1.29 is 19.0 Å². The number of carbonyl (C=O) groups is 1. The molecule has 152 valence electrons. The molecule has 0 N–H and O–H groups in total. The van der Waals surface area contributed by atoms with Crippen LogP contribution in [-0.4, -0.2) is 24.8 Å². The lowest BCUT2D eigenvalue weighted by atomic mass is 9.50. The van der Waals surface area contributed by atoms with Gasteiger partial charge in [-0.1, -0.05) is 50.2 Å². The normalized spacial score (nSPS) is 37.2. The number of fused-ring (bicyclic) bond motifs is 3. The molecule has 1 saturated carbocycles. The Labute approximate surface area is 172 Å². The van der Waals surface area contributed by atoms with E-state index in [9.17, 15) is 4.79 Å². The Morgan fingerprint density at radius 3 is 2.62 bits per heavy atom. The minimum absolute atomic E-state index is 0.0328. The second-order valence-corrected chi connectivity index (χ2v) is 9.28. The molecule has 2 aliphatic heterocycles. The van der Waals surface area contributed by atoms with E-state index in [4.69, 9.17) is 14.2 Å². The third-order valence-electron chi connectivity index (χ3n) is 7.75. The smallest absolute Gasteiger partial charge is 0.338 e. The molecule has 1 aliphatic carbocycles. The standard InChI is InChI=1S/C25H28O4/c1-16-13-24(3)21-17(2)25(16,15-28-23(26)18-9-5-4-6-10-18)14-27-22(21)19-11-7-8-12-20(19)29-24/h4-12,16-17,21-22H,13-15H2,1-3H3/t16-,17+,21+,22+,24+,25+/m0/s1. The molecule has 5 rings (SSSR count). The van der Waals surface area contributed by atoms with Crippen molar-refractivity contribution >= 4 is 5.97 Å². The number of benzene rings is 2. The first-order valence-electron chi connectivity index (χ1n) is 10.6. The molecule has 0 aromatic heterocycles. The van der Waals surface area contributed by atoms with Gasteiger partial charge in [-0.2, -0.15) is 0 Å². The fraction of sp³-hybridized carbons (Fsp3) is 0.480. The van der Waals surface area contributed by atoms with E-state index >= 15 is 0 Å². The maximum absolute atomic E-state index is 12.6. The van der Waals surface area contributed by atoms with E-state index in [1.807, 2.05) is 36.4 Å². The highest BCUT2D eigenvalue weighted by molar-refractivity contribution is 5.89. The van der Waals surface area contributed by atoms with Crippen molar-refractivity contribution in [1.82, 2.24) is 0 Å². The minimum Gasteiger partial charge on any atom is -0.487 e. The van der Waals surface area contributed by atoms with Crippen molar-refractivity contribution in [3.8, 4) is 5.75 Å². The van der Waals surface area contributed by atoms with Crippen LogP contribution in [0.15, 0.2) is 54.6 Å². The second-order valence-electron chi connectivity index (χ2n) is 9.28. The maximum Gasteiger partial charge on any atom is 0.338 e. The first-order chi connectivity index (χ1) is 13.9. The fourth-order valence-electron chi connectivity index (χ4n) is 6.11. The van der Waals surface area contributed by atoms with Crippen LogP contribution in [0.1, 0.15) is 49.2 Å². The Morgan fingerprint density at radius 1 is 1.10 bits per heavy atom.